The van der Waals surface area contributed by atoms with Gasteiger partial charge in [-0.1, -0.05) is 0 Å². The van der Waals surface area contributed by atoms with E-state index >= 15 is 0 Å². The highest BCUT2D eigenvalue weighted by Gasteiger charge is 2.26. The lowest BCUT2D eigenvalue weighted by Gasteiger charge is -2.33. The number of carbonyl (C=O) groups is 1. The molecule has 1 saturated heterocycles. The monoisotopic (exact) mass is 317 g/mol. The number of hydrogen-bond acceptors (Lipinski definition) is 5. The summed E-state index contributed by atoms with van der Waals surface area (Å²) < 4.78 is 5.30. The maximum Gasteiger partial charge on any atom is 0.237 e. The molecule has 1 unspecified atom stereocenters. The Hall–Kier alpha value is -0.690. The molecule has 0 saturated carbocycles. The van der Waals surface area contributed by atoms with Crippen LogP contribution in [-0.2, 0) is 21.8 Å². The van der Waals surface area contributed by atoms with Crippen LogP contribution < -0.4 is 5.73 Å². The van der Waals surface area contributed by atoms with Gasteiger partial charge in [-0.3, -0.25) is 9.69 Å². The second kappa shape index (κ2) is 7.93. The standard InChI is InChI=1S/C13H20ClN3O2S/c14-7-10-9-20-12(16-10)3-1-2-4-17-5-6-19-8-11(17)13(15)18/h9,11H,1-8H2,(H2,15,18). The SMILES string of the molecule is NC(=O)C1COCCN1CCCCc1nc(CCl)cs1. The first-order valence-corrected chi connectivity index (χ1v) is 8.22. The van der Waals surface area contributed by atoms with Crippen molar-refractivity contribution in [1.29, 1.82) is 0 Å². The van der Waals surface area contributed by atoms with E-state index in [1.165, 1.54) is 0 Å². The van der Waals surface area contributed by atoms with Gasteiger partial charge in [-0.25, -0.2) is 4.98 Å². The Balaban J connectivity index is 1.70. The average Bonchev–Trinajstić information content (AvgIpc) is 2.92. The molecule has 1 aliphatic rings. The molecule has 5 nitrogen and oxygen atoms in total. The molecule has 2 N–H and O–H groups in total. The van der Waals surface area contributed by atoms with Gasteiger partial charge in [0.25, 0.3) is 0 Å². The summed E-state index contributed by atoms with van der Waals surface area (Å²) >= 11 is 7.39. The number of amides is 1. The lowest BCUT2D eigenvalue weighted by atomic mass is 10.1. The van der Waals surface area contributed by atoms with E-state index in [-0.39, 0.29) is 11.9 Å². The lowest BCUT2D eigenvalue weighted by molar-refractivity contribution is -0.129. The number of halogens is 1. The van der Waals surface area contributed by atoms with Gasteiger partial charge in [0.2, 0.25) is 5.91 Å². The molecule has 1 atom stereocenters. The van der Waals surface area contributed by atoms with E-state index in [1.54, 1.807) is 11.3 Å². The van der Waals surface area contributed by atoms with Crippen LogP contribution in [0.25, 0.3) is 0 Å². The van der Waals surface area contributed by atoms with E-state index in [0.717, 1.165) is 43.1 Å². The third-order valence-corrected chi connectivity index (χ3v) is 4.62. The Morgan fingerprint density at radius 2 is 2.45 bits per heavy atom. The van der Waals surface area contributed by atoms with Crippen LogP contribution in [0, 0.1) is 0 Å². The molecule has 1 amide bonds. The number of thiazole rings is 1. The summed E-state index contributed by atoms with van der Waals surface area (Å²) in [5, 5.41) is 3.14. The molecule has 1 aromatic rings. The molecule has 0 aliphatic carbocycles. The first kappa shape index (κ1) is 15.7. The smallest absolute Gasteiger partial charge is 0.237 e. The van der Waals surface area contributed by atoms with E-state index in [9.17, 15) is 4.79 Å². The van der Waals surface area contributed by atoms with E-state index in [4.69, 9.17) is 22.1 Å². The summed E-state index contributed by atoms with van der Waals surface area (Å²) in [4.78, 5) is 17.9. The Bertz CT molecular complexity index is 441. The van der Waals surface area contributed by atoms with E-state index in [2.05, 4.69) is 9.88 Å². The molecule has 7 heteroatoms. The van der Waals surface area contributed by atoms with Gasteiger partial charge in [-0.15, -0.1) is 22.9 Å². The number of primary amides is 1. The average molecular weight is 318 g/mol. The fourth-order valence-electron chi connectivity index (χ4n) is 2.28. The minimum absolute atomic E-state index is 0.272. The van der Waals surface area contributed by atoms with Gasteiger partial charge in [-0.05, 0) is 25.8 Å². The summed E-state index contributed by atoms with van der Waals surface area (Å²) in [7, 11) is 0. The number of carbonyl (C=O) groups excluding carboxylic acids is 1. The van der Waals surface area contributed by atoms with Crippen LogP contribution in [-0.4, -0.2) is 48.1 Å². The van der Waals surface area contributed by atoms with Crippen LogP contribution in [0.1, 0.15) is 23.5 Å². The van der Waals surface area contributed by atoms with Crippen molar-refractivity contribution < 1.29 is 9.53 Å². The molecule has 1 fully saturated rings. The van der Waals surface area contributed by atoms with Gasteiger partial charge in [0, 0.05) is 11.9 Å². The number of aryl methyl sites for hydroxylation is 1. The van der Waals surface area contributed by atoms with Crippen LogP contribution >= 0.6 is 22.9 Å². The van der Waals surface area contributed by atoms with Gasteiger partial charge in [0.15, 0.2) is 0 Å². The highest BCUT2D eigenvalue weighted by molar-refractivity contribution is 7.09. The second-order valence-corrected chi connectivity index (χ2v) is 6.06. The predicted molar refractivity (Wildman–Crippen MR) is 80.0 cm³/mol. The lowest BCUT2D eigenvalue weighted by Crippen LogP contribution is -2.52. The maximum absolute atomic E-state index is 11.3. The highest BCUT2D eigenvalue weighted by Crippen LogP contribution is 2.15. The fraction of sp³-hybridized carbons (Fsp3) is 0.692. The van der Waals surface area contributed by atoms with Crippen molar-refractivity contribution in [3.63, 3.8) is 0 Å². The van der Waals surface area contributed by atoms with Crippen molar-refractivity contribution in [2.45, 2.75) is 31.2 Å². The van der Waals surface area contributed by atoms with Crippen molar-refractivity contribution >= 4 is 28.8 Å². The number of ether oxygens (including phenoxy) is 1. The van der Waals surface area contributed by atoms with Crippen molar-refractivity contribution in [2.24, 2.45) is 5.73 Å². The predicted octanol–water partition coefficient (Wildman–Crippen LogP) is 1.39. The first-order valence-electron chi connectivity index (χ1n) is 6.81. The highest BCUT2D eigenvalue weighted by atomic mass is 35.5. The Morgan fingerprint density at radius 3 is 3.15 bits per heavy atom. The zero-order chi connectivity index (χ0) is 14.4. The number of unbranched alkanes of at least 4 members (excludes halogenated alkanes) is 1. The minimum Gasteiger partial charge on any atom is -0.378 e. The molecule has 0 radical (unpaired) electrons. The number of nitrogens with two attached hydrogens (primary N) is 1. The molecule has 0 aromatic carbocycles. The van der Waals surface area contributed by atoms with Crippen LogP contribution in [0.2, 0.25) is 0 Å². The van der Waals surface area contributed by atoms with Crippen LogP contribution in [0.4, 0.5) is 0 Å². The van der Waals surface area contributed by atoms with Crippen LogP contribution in [0.3, 0.4) is 0 Å². The van der Waals surface area contributed by atoms with E-state index in [0.29, 0.717) is 19.1 Å². The summed E-state index contributed by atoms with van der Waals surface area (Å²) in [6, 6.07) is -0.272. The van der Waals surface area contributed by atoms with Gasteiger partial charge < -0.3 is 10.5 Å². The van der Waals surface area contributed by atoms with Crippen molar-refractivity contribution in [3.05, 3.63) is 16.1 Å². The van der Waals surface area contributed by atoms with Gasteiger partial charge >= 0.3 is 0 Å². The quantitative estimate of drug-likeness (QED) is 0.609. The molecule has 0 bridgehead atoms. The topological polar surface area (TPSA) is 68.5 Å². The number of morpholine rings is 1. The Kier molecular flexibility index (Phi) is 6.22. The molecule has 2 rings (SSSR count). The van der Waals surface area contributed by atoms with Gasteiger partial charge in [0.1, 0.15) is 6.04 Å². The summed E-state index contributed by atoms with van der Waals surface area (Å²) in [5.41, 5.74) is 6.34. The Morgan fingerprint density at radius 1 is 1.60 bits per heavy atom. The molecule has 1 aromatic heterocycles. The van der Waals surface area contributed by atoms with Crippen LogP contribution in [0.15, 0.2) is 5.38 Å². The zero-order valence-electron chi connectivity index (χ0n) is 11.4. The molecule has 112 valence electrons. The third-order valence-electron chi connectivity index (χ3n) is 3.39. The minimum atomic E-state index is -0.295. The number of rotatable bonds is 7. The Labute approximate surface area is 128 Å². The molecular formula is C13H20ClN3O2S. The molecule has 2 heterocycles. The largest absolute Gasteiger partial charge is 0.378 e. The molecule has 20 heavy (non-hydrogen) atoms. The van der Waals surface area contributed by atoms with E-state index < -0.39 is 0 Å². The second-order valence-electron chi connectivity index (χ2n) is 4.85. The zero-order valence-corrected chi connectivity index (χ0v) is 13.0. The van der Waals surface area contributed by atoms with Crippen molar-refractivity contribution in [3.8, 4) is 0 Å². The molecule has 0 spiro atoms. The number of alkyl halides is 1. The number of aromatic nitrogens is 1. The number of hydrogen-bond donors (Lipinski definition) is 1. The first-order chi connectivity index (χ1) is 9.70. The van der Waals surface area contributed by atoms with E-state index in [1.807, 2.05) is 5.38 Å². The molecule has 1 aliphatic heterocycles. The summed E-state index contributed by atoms with van der Waals surface area (Å²) in [6.07, 6.45) is 3.05. The molecular weight excluding hydrogens is 298 g/mol. The van der Waals surface area contributed by atoms with Crippen molar-refractivity contribution in [1.82, 2.24) is 9.88 Å². The number of nitrogens with zero attached hydrogens (tertiary/aromatic N) is 2. The summed E-state index contributed by atoms with van der Waals surface area (Å²) in [5.74, 6) is 0.182. The fourth-order valence-corrected chi connectivity index (χ4v) is 3.35. The third kappa shape index (κ3) is 4.41. The van der Waals surface area contributed by atoms with Crippen LogP contribution in [0.5, 0.6) is 0 Å². The normalized spacial score (nSPS) is 20.1. The van der Waals surface area contributed by atoms with Crippen molar-refractivity contribution in [2.75, 3.05) is 26.3 Å². The van der Waals surface area contributed by atoms with Gasteiger partial charge in [0.05, 0.1) is 29.8 Å². The van der Waals surface area contributed by atoms with Gasteiger partial charge in [-0.2, -0.15) is 0 Å². The maximum atomic E-state index is 11.3. The summed E-state index contributed by atoms with van der Waals surface area (Å²) in [6.45, 7) is 2.75.